The first kappa shape index (κ1) is 14.5. The molecule has 3 N–H and O–H groups in total. The summed E-state index contributed by atoms with van der Waals surface area (Å²) < 4.78 is 52.1. The molecular weight excluding hydrogens is 312 g/mol. The molecule has 1 heterocycles. The Bertz CT molecular complexity index is 768. The summed E-state index contributed by atoms with van der Waals surface area (Å²) >= 11 is 5.67. The van der Waals surface area contributed by atoms with Crippen LogP contribution in [0.25, 0.3) is 0 Å². The molecule has 0 saturated carbocycles. The van der Waals surface area contributed by atoms with Crippen molar-refractivity contribution in [3.63, 3.8) is 0 Å². The topological polar surface area (TPSA) is 85.1 Å². The predicted molar refractivity (Wildman–Crippen MR) is 70.8 cm³/mol. The molecule has 0 unspecified atom stereocenters. The zero-order valence-electron chi connectivity index (χ0n) is 9.77. The number of benzene rings is 1. The normalized spacial score (nSPS) is 11.3. The molecule has 0 amide bonds. The number of halogens is 3. The Morgan fingerprint density at radius 3 is 2.55 bits per heavy atom. The lowest BCUT2D eigenvalue weighted by atomic mass is 10.3. The molecule has 1 aromatic heterocycles. The van der Waals surface area contributed by atoms with E-state index in [1.54, 1.807) is 0 Å². The van der Waals surface area contributed by atoms with Crippen LogP contribution in [-0.2, 0) is 10.0 Å². The number of rotatable bonds is 3. The van der Waals surface area contributed by atoms with Gasteiger partial charge >= 0.3 is 0 Å². The molecule has 0 aliphatic carbocycles. The molecule has 0 radical (unpaired) electrons. The molecule has 0 saturated heterocycles. The number of nitrogens with two attached hydrogens (primary N) is 1. The summed E-state index contributed by atoms with van der Waals surface area (Å²) in [4.78, 5) is 3.30. The third kappa shape index (κ3) is 2.97. The van der Waals surface area contributed by atoms with Crippen LogP contribution in [-0.4, -0.2) is 13.4 Å². The van der Waals surface area contributed by atoms with Gasteiger partial charge in [-0.25, -0.2) is 22.2 Å². The van der Waals surface area contributed by atoms with E-state index in [1.807, 2.05) is 4.72 Å². The van der Waals surface area contributed by atoms with Crippen LogP contribution in [0.4, 0.5) is 20.3 Å². The van der Waals surface area contributed by atoms with Gasteiger partial charge in [-0.2, -0.15) is 0 Å². The van der Waals surface area contributed by atoms with Crippen molar-refractivity contribution in [2.75, 3.05) is 10.5 Å². The lowest BCUT2D eigenvalue weighted by Gasteiger charge is -2.09. The van der Waals surface area contributed by atoms with Gasteiger partial charge in [-0.1, -0.05) is 11.6 Å². The second-order valence-corrected chi connectivity index (χ2v) is 5.86. The van der Waals surface area contributed by atoms with Crippen molar-refractivity contribution in [1.82, 2.24) is 4.98 Å². The van der Waals surface area contributed by atoms with E-state index in [1.165, 1.54) is 0 Å². The van der Waals surface area contributed by atoms with Crippen molar-refractivity contribution in [2.24, 2.45) is 0 Å². The van der Waals surface area contributed by atoms with E-state index in [0.717, 1.165) is 24.4 Å². The average Bonchev–Trinajstić information content (AvgIpc) is 2.36. The molecule has 9 heteroatoms. The van der Waals surface area contributed by atoms with Crippen molar-refractivity contribution in [3.05, 3.63) is 47.1 Å². The second kappa shape index (κ2) is 5.22. The molecule has 0 atom stereocenters. The number of nitrogens with zero attached hydrogens (tertiary/aromatic N) is 1. The molecule has 0 bridgehead atoms. The standard InChI is InChI=1S/C11H8ClF2N3O2S/c12-8-4-7(5-16-11(8)15)20(18,19)17-10-2-1-6(13)3-9(10)14/h1-5,17H,(H2,15,16). The highest BCUT2D eigenvalue weighted by molar-refractivity contribution is 7.92. The first-order chi connectivity index (χ1) is 9.29. The first-order valence-corrected chi connectivity index (χ1v) is 7.04. The fraction of sp³-hybridized carbons (Fsp3) is 0. The van der Waals surface area contributed by atoms with Crippen LogP contribution in [0, 0.1) is 11.6 Å². The van der Waals surface area contributed by atoms with Crippen LogP contribution in [0.5, 0.6) is 0 Å². The highest BCUT2D eigenvalue weighted by atomic mass is 35.5. The van der Waals surface area contributed by atoms with Gasteiger partial charge in [-0.15, -0.1) is 0 Å². The Morgan fingerprint density at radius 1 is 1.25 bits per heavy atom. The van der Waals surface area contributed by atoms with Gasteiger partial charge in [0.1, 0.15) is 22.3 Å². The fourth-order valence-electron chi connectivity index (χ4n) is 1.35. The molecule has 20 heavy (non-hydrogen) atoms. The molecule has 2 aromatic rings. The summed E-state index contributed by atoms with van der Waals surface area (Å²) in [6, 6.07) is 3.53. The number of hydrogen-bond acceptors (Lipinski definition) is 4. The summed E-state index contributed by atoms with van der Waals surface area (Å²) in [5.74, 6) is -1.88. The Balaban J connectivity index is 2.38. The van der Waals surface area contributed by atoms with Crippen LogP contribution in [0.1, 0.15) is 0 Å². The van der Waals surface area contributed by atoms with Gasteiger partial charge in [0.05, 0.1) is 10.7 Å². The maximum atomic E-state index is 13.4. The Morgan fingerprint density at radius 2 is 1.95 bits per heavy atom. The Kier molecular flexibility index (Phi) is 3.78. The summed E-state index contributed by atoms with van der Waals surface area (Å²) in [5, 5.41) is -0.0487. The number of pyridine rings is 1. The smallest absolute Gasteiger partial charge is 0.263 e. The lowest BCUT2D eigenvalue weighted by molar-refractivity contribution is 0.582. The summed E-state index contributed by atoms with van der Waals surface area (Å²) in [5.41, 5.74) is 4.98. The van der Waals surface area contributed by atoms with E-state index in [0.29, 0.717) is 6.07 Å². The largest absolute Gasteiger partial charge is 0.382 e. The number of nitrogen functional groups attached to an aromatic ring is 1. The van der Waals surface area contributed by atoms with Gasteiger partial charge in [-0.05, 0) is 18.2 Å². The van der Waals surface area contributed by atoms with E-state index in [9.17, 15) is 17.2 Å². The third-order valence-corrected chi connectivity index (χ3v) is 3.97. The van der Waals surface area contributed by atoms with Gasteiger partial charge in [-0.3, -0.25) is 4.72 Å². The van der Waals surface area contributed by atoms with E-state index in [2.05, 4.69) is 4.98 Å². The van der Waals surface area contributed by atoms with Crippen molar-refractivity contribution < 1.29 is 17.2 Å². The quantitative estimate of drug-likeness (QED) is 0.909. The summed E-state index contributed by atoms with van der Waals surface area (Å²) in [6.07, 6.45) is 0.977. The molecule has 1 aromatic carbocycles. The van der Waals surface area contributed by atoms with Crippen LogP contribution < -0.4 is 10.5 Å². The molecule has 0 spiro atoms. The average molecular weight is 320 g/mol. The maximum absolute atomic E-state index is 13.4. The number of hydrogen-bond donors (Lipinski definition) is 2. The van der Waals surface area contributed by atoms with Gasteiger partial charge in [0.25, 0.3) is 10.0 Å². The summed E-state index contributed by atoms with van der Waals surface area (Å²) in [6.45, 7) is 0. The molecule has 0 fully saturated rings. The number of anilines is 2. The van der Waals surface area contributed by atoms with Gasteiger partial charge in [0.15, 0.2) is 0 Å². The molecule has 0 aliphatic heterocycles. The minimum Gasteiger partial charge on any atom is -0.382 e. The van der Waals surface area contributed by atoms with Gasteiger partial charge in [0.2, 0.25) is 0 Å². The minimum absolute atomic E-state index is 0.0291. The summed E-state index contributed by atoms with van der Waals surface area (Å²) in [7, 11) is -4.10. The van der Waals surface area contributed by atoms with Crippen LogP contribution in [0.3, 0.4) is 0 Å². The predicted octanol–water partition coefficient (Wildman–Crippen LogP) is 2.40. The van der Waals surface area contributed by atoms with E-state index < -0.39 is 21.7 Å². The van der Waals surface area contributed by atoms with E-state index in [4.69, 9.17) is 17.3 Å². The van der Waals surface area contributed by atoms with E-state index >= 15 is 0 Å². The van der Waals surface area contributed by atoms with Gasteiger partial charge in [0, 0.05) is 12.3 Å². The monoisotopic (exact) mass is 319 g/mol. The van der Waals surface area contributed by atoms with Crippen molar-refractivity contribution in [3.8, 4) is 0 Å². The lowest BCUT2D eigenvalue weighted by Crippen LogP contribution is -2.14. The molecule has 0 aliphatic rings. The molecular formula is C11H8ClF2N3O2S. The number of sulfonamides is 1. The van der Waals surface area contributed by atoms with Crippen molar-refractivity contribution >= 4 is 33.1 Å². The fourth-order valence-corrected chi connectivity index (χ4v) is 2.62. The van der Waals surface area contributed by atoms with E-state index in [-0.39, 0.29) is 21.4 Å². The zero-order chi connectivity index (χ0) is 14.9. The number of aromatic nitrogens is 1. The minimum atomic E-state index is -4.10. The SMILES string of the molecule is Nc1ncc(S(=O)(=O)Nc2ccc(F)cc2F)cc1Cl. The highest BCUT2D eigenvalue weighted by Gasteiger charge is 2.18. The highest BCUT2D eigenvalue weighted by Crippen LogP contribution is 2.23. The Hall–Kier alpha value is -1.93. The zero-order valence-corrected chi connectivity index (χ0v) is 11.3. The Labute approximate surface area is 118 Å². The van der Waals surface area contributed by atoms with Crippen LogP contribution in [0.2, 0.25) is 5.02 Å². The molecule has 2 rings (SSSR count). The molecule has 106 valence electrons. The van der Waals surface area contributed by atoms with Crippen molar-refractivity contribution in [2.45, 2.75) is 4.90 Å². The maximum Gasteiger partial charge on any atom is 0.263 e. The van der Waals surface area contributed by atoms with Crippen molar-refractivity contribution in [1.29, 1.82) is 0 Å². The number of nitrogens with one attached hydrogen (secondary N) is 1. The third-order valence-electron chi connectivity index (χ3n) is 2.33. The van der Waals surface area contributed by atoms with Crippen LogP contribution >= 0.6 is 11.6 Å². The second-order valence-electron chi connectivity index (χ2n) is 3.77. The molecule has 5 nitrogen and oxygen atoms in total. The first-order valence-electron chi connectivity index (χ1n) is 5.18. The van der Waals surface area contributed by atoms with Gasteiger partial charge < -0.3 is 5.73 Å². The van der Waals surface area contributed by atoms with Crippen LogP contribution in [0.15, 0.2) is 35.4 Å².